The van der Waals surface area contributed by atoms with Crippen LogP contribution in [-0.4, -0.2) is 64.1 Å². The Bertz CT molecular complexity index is 346. The highest BCUT2D eigenvalue weighted by atomic mass is 32.2. The monoisotopic (exact) mass is 272 g/mol. The van der Waals surface area contributed by atoms with Gasteiger partial charge in [-0.15, -0.1) is 0 Å². The van der Waals surface area contributed by atoms with Gasteiger partial charge in [0.15, 0.2) is 0 Å². The van der Waals surface area contributed by atoms with E-state index in [9.17, 15) is 9.59 Å². The van der Waals surface area contributed by atoms with Crippen molar-refractivity contribution in [2.75, 3.05) is 31.1 Å². The summed E-state index contributed by atoms with van der Waals surface area (Å²) in [5.41, 5.74) is 0.892. The van der Waals surface area contributed by atoms with E-state index in [0.29, 0.717) is 25.4 Å². The van der Waals surface area contributed by atoms with Gasteiger partial charge in [-0.25, -0.2) is 9.59 Å². The number of carboxylic acid groups (broad SMARTS) is 1. The Labute approximate surface area is 112 Å². The van der Waals surface area contributed by atoms with E-state index < -0.39 is 12.0 Å². The maximum absolute atomic E-state index is 12.3. The summed E-state index contributed by atoms with van der Waals surface area (Å²) in [6, 6.07) is -0.913. The molecule has 1 aliphatic rings. The smallest absolute Gasteiger partial charge is 0.327 e. The van der Waals surface area contributed by atoms with Crippen LogP contribution in [0.5, 0.6) is 0 Å². The maximum Gasteiger partial charge on any atom is 0.327 e. The lowest BCUT2D eigenvalue weighted by Gasteiger charge is -2.36. The quantitative estimate of drug-likeness (QED) is 0.788. The highest BCUT2D eigenvalue weighted by molar-refractivity contribution is 7.99. The molecule has 0 aromatic rings. The molecule has 2 amide bonds. The first kappa shape index (κ1) is 14.9. The number of urea groups is 1. The Balaban J connectivity index is 2.78. The van der Waals surface area contributed by atoms with Gasteiger partial charge < -0.3 is 14.9 Å². The third-order valence-corrected chi connectivity index (χ3v) is 3.79. The molecule has 0 saturated carbocycles. The molecule has 5 nitrogen and oxygen atoms in total. The van der Waals surface area contributed by atoms with Crippen LogP contribution in [0, 0.1) is 0 Å². The molecule has 0 aromatic carbocycles. The van der Waals surface area contributed by atoms with Crippen molar-refractivity contribution in [2.45, 2.75) is 19.9 Å². The number of thioether (sulfide) groups is 1. The number of nitrogens with zero attached hydrogens (tertiary/aromatic N) is 2. The van der Waals surface area contributed by atoms with E-state index in [4.69, 9.17) is 5.11 Å². The van der Waals surface area contributed by atoms with Crippen LogP contribution >= 0.6 is 11.8 Å². The summed E-state index contributed by atoms with van der Waals surface area (Å²) in [7, 11) is 0. The minimum atomic E-state index is -0.929. The third kappa shape index (κ3) is 3.66. The normalized spacial score (nSPS) is 19.4. The van der Waals surface area contributed by atoms with Crippen LogP contribution in [0.4, 0.5) is 4.79 Å². The second-order valence-corrected chi connectivity index (χ2v) is 5.53. The van der Waals surface area contributed by atoms with Crippen LogP contribution in [0.3, 0.4) is 0 Å². The van der Waals surface area contributed by atoms with Crippen molar-refractivity contribution in [1.82, 2.24) is 9.80 Å². The van der Waals surface area contributed by atoms with E-state index in [1.807, 2.05) is 13.8 Å². The zero-order valence-corrected chi connectivity index (χ0v) is 11.7. The summed E-state index contributed by atoms with van der Waals surface area (Å²) >= 11 is 1.57. The summed E-state index contributed by atoms with van der Waals surface area (Å²) in [4.78, 5) is 26.6. The second-order valence-electron chi connectivity index (χ2n) is 4.38. The zero-order valence-electron chi connectivity index (χ0n) is 10.9. The molecule has 0 radical (unpaired) electrons. The summed E-state index contributed by atoms with van der Waals surface area (Å²) in [5, 5.41) is 9.15. The predicted molar refractivity (Wildman–Crippen MR) is 72.9 cm³/mol. The van der Waals surface area contributed by atoms with Crippen LogP contribution in [0.2, 0.25) is 0 Å². The molecule has 18 heavy (non-hydrogen) atoms. The van der Waals surface area contributed by atoms with Gasteiger partial charge in [0.1, 0.15) is 6.04 Å². The lowest BCUT2D eigenvalue weighted by Crippen LogP contribution is -2.55. The molecular weight excluding hydrogens is 252 g/mol. The molecule has 1 saturated heterocycles. The van der Waals surface area contributed by atoms with Crippen molar-refractivity contribution in [1.29, 1.82) is 0 Å². The number of rotatable bonds is 4. The average molecular weight is 272 g/mol. The predicted octanol–water partition coefficient (Wildman–Crippen LogP) is 1.51. The molecule has 1 fully saturated rings. The van der Waals surface area contributed by atoms with E-state index in [1.165, 1.54) is 4.90 Å². The first-order chi connectivity index (χ1) is 8.47. The summed E-state index contributed by atoms with van der Waals surface area (Å²) in [6.07, 6.45) is 0. The lowest BCUT2D eigenvalue weighted by atomic mass is 10.2. The first-order valence-electron chi connectivity index (χ1n) is 5.97. The van der Waals surface area contributed by atoms with Crippen LogP contribution < -0.4 is 0 Å². The molecular formula is C12H20N2O3S. The Kier molecular flexibility index (Phi) is 5.53. The van der Waals surface area contributed by atoms with Crippen molar-refractivity contribution >= 4 is 23.8 Å². The molecule has 0 aromatic heterocycles. The topological polar surface area (TPSA) is 60.9 Å². The first-order valence-corrected chi connectivity index (χ1v) is 7.13. The number of likely N-dealkylation sites (N-methyl/N-ethyl adjacent to an activating group) is 1. The number of carboxylic acids is 1. The number of amides is 2. The summed E-state index contributed by atoms with van der Waals surface area (Å²) < 4.78 is 0. The number of aliphatic carboxylic acids is 1. The average Bonchev–Trinajstić information content (AvgIpc) is 2.34. The largest absolute Gasteiger partial charge is 0.480 e. The fourth-order valence-corrected chi connectivity index (χ4v) is 2.90. The molecule has 1 N–H and O–H groups in total. The highest BCUT2D eigenvalue weighted by Gasteiger charge is 2.34. The van der Waals surface area contributed by atoms with Crippen LogP contribution in [0.15, 0.2) is 12.2 Å². The summed E-state index contributed by atoms with van der Waals surface area (Å²) in [5.74, 6) is 0.327. The van der Waals surface area contributed by atoms with E-state index >= 15 is 0 Å². The van der Waals surface area contributed by atoms with Gasteiger partial charge in [0, 0.05) is 31.1 Å². The molecule has 1 rings (SSSR count). The maximum atomic E-state index is 12.3. The third-order valence-electron chi connectivity index (χ3n) is 2.77. The van der Waals surface area contributed by atoms with Gasteiger partial charge in [-0.1, -0.05) is 12.2 Å². The van der Waals surface area contributed by atoms with Crippen LogP contribution in [0.25, 0.3) is 0 Å². The lowest BCUT2D eigenvalue weighted by molar-refractivity contribution is -0.141. The van der Waals surface area contributed by atoms with Gasteiger partial charge in [-0.2, -0.15) is 11.8 Å². The van der Waals surface area contributed by atoms with Crippen molar-refractivity contribution < 1.29 is 14.7 Å². The second kappa shape index (κ2) is 6.68. The van der Waals surface area contributed by atoms with E-state index in [1.54, 1.807) is 16.7 Å². The van der Waals surface area contributed by atoms with Gasteiger partial charge in [-0.3, -0.25) is 0 Å². The Hall–Kier alpha value is -1.17. The van der Waals surface area contributed by atoms with Gasteiger partial charge >= 0.3 is 12.0 Å². The molecule has 0 aliphatic carbocycles. The van der Waals surface area contributed by atoms with Crippen LogP contribution in [0.1, 0.15) is 13.8 Å². The molecule has 0 bridgehead atoms. The van der Waals surface area contributed by atoms with Crippen molar-refractivity contribution in [2.24, 2.45) is 0 Å². The molecule has 1 heterocycles. The fourth-order valence-electron chi connectivity index (χ4n) is 1.86. The molecule has 6 heteroatoms. The molecule has 1 unspecified atom stereocenters. The SMILES string of the molecule is C=C(C)CN(CC)C(=O)N1CCSCC1C(=O)O. The Morgan fingerprint density at radius 1 is 1.56 bits per heavy atom. The van der Waals surface area contributed by atoms with Crippen molar-refractivity contribution in [3.8, 4) is 0 Å². The molecule has 102 valence electrons. The Morgan fingerprint density at radius 2 is 2.22 bits per heavy atom. The minimum absolute atomic E-state index is 0.201. The van der Waals surface area contributed by atoms with Gasteiger partial charge in [0.2, 0.25) is 0 Å². The highest BCUT2D eigenvalue weighted by Crippen LogP contribution is 2.18. The van der Waals surface area contributed by atoms with Gasteiger partial charge in [0.05, 0.1) is 0 Å². The van der Waals surface area contributed by atoms with E-state index in [0.717, 1.165) is 11.3 Å². The van der Waals surface area contributed by atoms with Gasteiger partial charge in [-0.05, 0) is 13.8 Å². The standard InChI is InChI=1S/C12H20N2O3S/c1-4-13(7-9(2)3)12(17)14-5-6-18-8-10(14)11(15)16/h10H,2,4-8H2,1,3H3,(H,15,16). The van der Waals surface area contributed by atoms with E-state index in [2.05, 4.69) is 6.58 Å². The molecule has 1 aliphatic heterocycles. The summed E-state index contributed by atoms with van der Waals surface area (Å²) in [6.45, 7) is 9.06. The number of hydrogen-bond donors (Lipinski definition) is 1. The minimum Gasteiger partial charge on any atom is -0.480 e. The van der Waals surface area contributed by atoms with Crippen molar-refractivity contribution in [3.63, 3.8) is 0 Å². The number of hydrogen-bond acceptors (Lipinski definition) is 3. The van der Waals surface area contributed by atoms with Crippen LogP contribution in [-0.2, 0) is 4.79 Å². The number of carbonyl (C=O) groups is 2. The van der Waals surface area contributed by atoms with Crippen molar-refractivity contribution in [3.05, 3.63) is 12.2 Å². The van der Waals surface area contributed by atoms with E-state index in [-0.39, 0.29) is 6.03 Å². The van der Waals surface area contributed by atoms with Gasteiger partial charge in [0.25, 0.3) is 0 Å². The zero-order chi connectivity index (χ0) is 13.7. The number of carbonyl (C=O) groups excluding carboxylic acids is 1. The fraction of sp³-hybridized carbons (Fsp3) is 0.667. The molecule has 0 spiro atoms. The Morgan fingerprint density at radius 3 is 2.72 bits per heavy atom. The molecule has 1 atom stereocenters.